The highest BCUT2D eigenvalue weighted by Gasteiger charge is 2.94. The number of rotatable bonds is 6. The van der Waals surface area contributed by atoms with Crippen LogP contribution in [0.15, 0.2) is 0 Å². The fourth-order valence-electron chi connectivity index (χ4n) is 1.55. The van der Waals surface area contributed by atoms with Crippen LogP contribution in [0.5, 0.6) is 0 Å². The number of halogens is 22. The van der Waals surface area contributed by atoms with Crippen LogP contribution in [0.1, 0.15) is 0 Å². The first kappa shape index (κ1) is 31.4. The Morgan fingerprint density at radius 1 is 0.242 bits per heavy atom. The zero-order chi connectivity index (χ0) is 27.7. The second kappa shape index (κ2) is 7.46. The van der Waals surface area contributed by atoms with Crippen molar-refractivity contribution in [1.82, 2.24) is 0 Å². The van der Waals surface area contributed by atoms with Crippen LogP contribution in [0, 0.1) is 0 Å². The average Bonchev–Trinajstić information content (AvgIpc) is 2.49. The van der Waals surface area contributed by atoms with Crippen LogP contribution in [-0.4, -0.2) is 60.1 Å². The summed E-state index contributed by atoms with van der Waals surface area (Å²) in [5.41, 5.74) is 0. The summed E-state index contributed by atoms with van der Waals surface area (Å²) in [6.07, 6.45) is -33.3. The van der Waals surface area contributed by atoms with Gasteiger partial charge < -0.3 is 0 Å². The Balaban J connectivity index is 7.43. The first-order chi connectivity index (χ1) is 13.7. The third kappa shape index (κ3) is 4.21. The Bertz CT molecular complexity index is 645. The molecule has 0 aromatic carbocycles. The van der Waals surface area contributed by atoms with Gasteiger partial charge in [-0.2, -0.15) is 96.6 Å². The van der Waals surface area contributed by atoms with Crippen molar-refractivity contribution < 1.29 is 101 Å². The van der Waals surface area contributed by atoms with E-state index in [1.165, 1.54) is 0 Å². The molecular weight excluding hydrogens is 554 g/mol. The van der Waals surface area contributed by atoms with Crippen molar-refractivity contribution in [3.63, 3.8) is 0 Å². The molecule has 0 spiro atoms. The Hall–Kier alpha value is -1.58. The van der Waals surface area contributed by atoms with Crippen LogP contribution in [0.25, 0.3) is 0 Å². The molecule has 1 nitrogen and oxygen atoms in total. The van der Waals surface area contributed by atoms with Gasteiger partial charge in [0.05, 0.1) is 0 Å². The summed E-state index contributed by atoms with van der Waals surface area (Å²) in [5, 5.41) is 0. The van der Waals surface area contributed by atoms with Crippen molar-refractivity contribution in [2.75, 3.05) is 0 Å². The standard InChI is InChI=1S/C10F22O/c11-1(12,3(15,16)7(21,22)23)5(19,9(27,28)29)33-6(20,10(30,31)32)2(13,14)4(17,18)8(24,25)26/t5-,6+. The lowest BCUT2D eigenvalue weighted by Gasteiger charge is -2.45. The first-order valence-electron chi connectivity index (χ1n) is 6.57. The first-order valence-corrected chi connectivity index (χ1v) is 6.57. The van der Waals surface area contributed by atoms with E-state index in [2.05, 4.69) is 0 Å². The van der Waals surface area contributed by atoms with E-state index < -0.39 is 60.1 Å². The predicted octanol–water partition coefficient (Wildman–Crippen LogP) is 7.13. The SMILES string of the molecule is FC(F)(F)C(F)(F)C(F)(F)[C@@](F)(O[C@](F)(C(F)(F)F)C(F)(F)C(F)(F)C(F)(F)F)C(F)(F)F. The van der Waals surface area contributed by atoms with E-state index in [4.69, 9.17) is 0 Å². The number of alkyl halides is 22. The molecule has 0 aliphatic carbocycles. The van der Waals surface area contributed by atoms with Crippen molar-refractivity contribution in [3.05, 3.63) is 0 Å². The van der Waals surface area contributed by atoms with Gasteiger partial charge >= 0.3 is 60.1 Å². The maximum atomic E-state index is 13.7. The second-order valence-electron chi connectivity index (χ2n) is 5.58. The largest absolute Gasteiger partial charge is 0.460 e. The maximum Gasteiger partial charge on any atom is 0.460 e. The topological polar surface area (TPSA) is 9.23 Å². The van der Waals surface area contributed by atoms with Crippen LogP contribution in [0.2, 0.25) is 0 Å². The van der Waals surface area contributed by atoms with Crippen LogP contribution < -0.4 is 0 Å². The molecule has 0 saturated heterocycles. The lowest BCUT2D eigenvalue weighted by atomic mass is 9.98. The van der Waals surface area contributed by atoms with Gasteiger partial charge in [-0.15, -0.1) is 0 Å². The normalized spacial score (nSPS) is 19.8. The zero-order valence-corrected chi connectivity index (χ0v) is 13.7. The summed E-state index contributed by atoms with van der Waals surface area (Å²) in [7, 11) is 0. The Labute approximate surface area is 163 Å². The minimum atomic E-state index is -8.96. The van der Waals surface area contributed by atoms with Crippen LogP contribution in [0.4, 0.5) is 96.6 Å². The lowest BCUT2D eigenvalue weighted by molar-refractivity contribution is -0.540. The van der Waals surface area contributed by atoms with E-state index >= 15 is 0 Å². The van der Waals surface area contributed by atoms with Gasteiger partial charge in [0.1, 0.15) is 0 Å². The molecule has 0 unspecified atom stereocenters. The van der Waals surface area contributed by atoms with Crippen LogP contribution in [-0.2, 0) is 4.74 Å². The van der Waals surface area contributed by atoms with E-state index in [1.807, 2.05) is 0 Å². The van der Waals surface area contributed by atoms with E-state index in [0.717, 1.165) is 4.74 Å². The lowest BCUT2D eigenvalue weighted by Crippen LogP contribution is -2.75. The number of hydrogen-bond donors (Lipinski definition) is 0. The van der Waals surface area contributed by atoms with Crippen molar-refractivity contribution in [2.24, 2.45) is 0 Å². The summed E-state index contributed by atoms with van der Waals surface area (Å²) in [6.45, 7) is 0. The molecule has 0 N–H and O–H groups in total. The van der Waals surface area contributed by atoms with Crippen LogP contribution in [0.3, 0.4) is 0 Å². The Morgan fingerprint density at radius 3 is 0.545 bits per heavy atom. The molecule has 0 fully saturated rings. The molecule has 33 heavy (non-hydrogen) atoms. The fourth-order valence-corrected chi connectivity index (χ4v) is 1.55. The van der Waals surface area contributed by atoms with E-state index in [0.29, 0.717) is 0 Å². The summed E-state index contributed by atoms with van der Waals surface area (Å²) >= 11 is 0. The van der Waals surface area contributed by atoms with Gasteiger partial charge in [-0.1, -0.05) is 0 Å². The van der Waals surface area contributed by atoms with Crippen molar-refractivity contribution in [3.8, 4) is 0 Å². The summed E-state index contributed by atoms with van der Waals surface area (Å²) in [4.78, 5) is 0. The highest BCUT2D eigenvalue weighted by atomic mass is 19.4. The molecule has 0 aromatic heterocycles. The number of hydrogen-bond acceptors (Lipinski definition) is 1. The van der Waals surface area contributed by atoms with Gasteiger partial charge in [-0.05, 0) is 0 Å². The molecule has 0 radical (unpaired) electrons. The summed E-state index contributed by atoms with van der Waals surface area (Å²) < 4.78 is 278. The quantitative estimate of drug-likeness (QED) is 0.318. The molecule has 23 heteroatoms. The van der Waals surface area contributed by atoms with E-state index in [1.54, 1.807) is 0 Å². The molecule has 2 atom stereocenters. The smallest absolute Gasteiger partial charge is 0.284 e. The van der Waals surface area contributed by atoms with Crippen LogP contribution >= 0.6 is 0 Å². The highest BCUT2D eigenvalue weighted by molar-refractivity contribution is 5.10. The van der Waals surface area contributed by atoms with Gasteiger partial charge in [0, 0.05) is 0 Å². The minimum Gasteiger partial charge on any atom is -0.284 e. The molecule has 0 saturated carbocycles. The average molecular weight is 554 g/mol. The molecular formula is C10F22O. The second-order valence-corrected chi connectivity index (χ2v) is 5.58. The molecule has 0 aliphatic rings. The highest BCUT2D eigenvalue weighted by Crippen LogP contribution is 2.64. The molecule has 0 aliphatic heterocycles. The Morgan fingerprint density at radius 2 is 0.424 bits per heavy atom. The predicted molar refractivity (Wildman–Crippen MR) is 52.8 cm³/mol. The summed E-state index contributed by atoms with van der Waals surface area (Å²) in [6, 6.07) is 0. The maximum absolute atomic E-state index is 13.7. The van der Waals surface area contributed by atoms with Gasteiger partial charge in [-0.25, -0.2) is 0 Å². The Kier molecular flexibility index (Phi) is 7.10. The third-order valence-electron chi connectivity index (χ3n) is 3.32. The molecule has 0 bridgehead atoms. The van der Waals surface area contributed by atoms with Crippen molar-refractivity contribution in [2.45, 2.75) is 60.1 Å². The fraction of sp³-hybridized carbons (Fsp3) is 1.00. The number of ether oxygens (including phenoxy) is 1. The summed E-state index contributed by atoms with van der Waals surface area (Å²) in [5.74, 6) is -53.0. The minimum absolute atomic E-state index is 0.804. The van der Waals surface area contributed by atoms with Crippen molar-refractivity contribution in [1.29, 1.82) is 0 Å². The van der Waals surface area contributed by atoms with Gasteiger partial charge in [0.15, 0.2) is 0 Å². The third-order valence-corrected chi connectivity index (χ3v) is 3.32. The van der Waals surface area contributed by atoms with Gasteiger partial charge in [0.25, 0.3) is 0 Å². The molecule has 0 aromatic rings. The van der Waals surface area contributed by atoms with E-state index in [9.17, 15) is 96.6 Å². The monoisotopic (exact) mass is 554 g/mol. The van der Waals surface area contributed by atoms with E-state index in [-0.39, 0.29) is 0 Å². The molecule has 0 amide bonds. The molecule has 0 rings (SSSR count). The molecule has 0 heterocycles. The van der Waals surface area contributed by atoms with Gasteiger partial charge in [-0.3, -0.25) is 4.74 Å². The zero-order valence-electron chi connectivity index (χ0n) is 13.7. The van der Waals surface area contributed by atoms with Gasteiger partial charge in [0.2, 0.25) is 0 Å². The van der Waals surface area contributed by atoms with Crippen molar-refractivity contribution >= 4 is 0 Å². The molecule has 200 valence electrons.